The van der Waals surface area contributed by atoms with E-state index in [0.717, 1.165) is 5.56 Å². The summed E-state index contributed by atoms with van der Waals surface area (Å²) in [4.78, 5) is 11.3. The van der Waals surface area contributed by atoms with Crippen molar-refractivity contribution in [2.45, 2.75) is 12.5 Å². The van der Waals surface area contributed by atoms with E-state index in [2.05, 4.69) is 5.32 Å². The lowest BCUT2D eigenvalue weighted by Crippen LogP contribution is -2.30. The highest BCUT2D eigenvalue weighted by molar-refractivity contribution is 6.18. The van der Waals surface area contributed by atoms with E-state index in [1.54, 1.807) is 0 Å². The molecule has 1 aromatic rings. The van der Waals surface area contributed by atoms with Crippen molar-refractivity contribution in [3.8, 4) is 0 Å². The van der Waals surface area contributed by atoms with Crippen LogP contribution in [0, 0.1) is 0 Å². The molecule has 0 spiro atoms. The third-order valence-electron chi connectivity index (χ3n) is 2.04. The number of aliphatic hydroxyl groups is 1. The van der Waals surface area contributed by atoms with Crippen LogP contribution in [0.2, 0.25) is 0 Å². The smallest absolute Gasteiger partial charge is 0.221 e. The molecule has 0 aliphatic heterocycles. The molecule has 0 saturated carbocycles. The predicted molar refractivity (Wildman–Crippen MR) is 59.7 cm³/mol. The average molecular weight is 228 g/mol. The third-order valence-corrected chi connectivity index (χ3v) is 2.23. The van der Waals surface area contributed by atoms with Crippen molar-refractivity contribution in [2.24, 2.45) is 0 Å². The Morgan fingerprint density at radius 1 is 1.40 bits per heavy atom. The molecular formula is C11H14ClNO2. The minimum absolute atomic E-state index is 0.113. The zero-order chi connectivity index (χ0) is 11.1. The van der Waals surface area contributed by atoms with Crippen molar-refractivity contribution in [3.63, 3.8) is 0 Å². The van der Waals surface area contributed by atoms with Gasteiger partial charge in [0.15, 0.2) is 0 Å². The Morgan fingerprint density at radius 2 is 2.07 bits per heavy atom. The molecule has 0 fully saturated rings. The van der Waals surface area contributed by atoms with E-state index in [-0.39, 0.29) is 25.0 Å². The number of rotatable bonds is 5. The maximum Gasteiger partial charge on any atom is 0.221 e. The predicted octanol–water partition coefficient (Wildman–Crippen LogP) is 1.47. The van der Waals surface area contributed by atoms with Gasteiger partial charge in [-0.3, -0.25) is 4.79 Å². The van der Waals surface area contributed by atoms with Crippen molar-refractivity contribution in [3.05, 3.63) is 35.9 Å². The zero-order valence-corrected chi connectivity index (χ0v) is 9.07. The van der Waals surface area contributed by atoms with Crippen LogP contribution in [0.5, 0.6) is 0 Å². The Kier molecular flexibility index (Phi) is 5.15. The molecule has 1 aromatic carbocycles. The van der Waals surface area contributed by atoms with Gasteiger partial charge in [-0.15, -0.1) is 11.6 Å². The van der Waals surface area contributed by atoms with Crippen LogP contribution in [0.25, 0.3) is 0 Å². The van der Waals surface area contributed by atoms with Gasteiger partial charge in [-0.05, 0) is 5.56 Å². The lowest BCUT2D eigenvalue weighted by molar-refractivity contribution is -0.121. The summed E-state index contributed by atoms with van der Waals surface area (Å²) in [5.41, 5.74) is 0.892. The summed E-state index contributed by atoms with van der Waals surface area (Å²) in [5, 5.41) is 11.9. The summed E-state index contributed by atoms with van der Waals surface area (Å²) in [6.45, 7) is -0.113. The molecule has 0 aliphatic rings. The van der Waals surface area contributed by atoms with Crippen molar-refractivity contribution in [1.29, 1.82) is 0 Å². The molecule has 0 aliphatic carbocycles. The van der Waals surface area contributed by atoms with Crippen molar-refractivity contribution < 1.29 is 9.90 Å². The van der Waals surface area contributed by atoms with Gasteiger partial charge in [0.1, 0.15) is 0 Å². The van der Waals surface area contributed by atoms with Crippen LogP contribution in [-0.4, -0.2) is 23.5 Å². The fourth-order valence-corrected chi connectivity index (χ4v) is 1.44. The van der Waals surface area contributed by atoms with Crippen LogP contribution in [0.3, 0.4) is 0 Å². The Labute approximate surface area is 94.1 Å². The minimum atomic E-state index is -0.345. The van der Waals surface area contributed by atoms with Crippen LogP contribution in [0.15, 0.2) is 30.3 Å². The topological polar surface area (TPSA) is 49.3 Å². The van der Waals surface area contributed by atoms with Gasteiger partial charge < -0.3 is 10.4 Å². The SMILES string of the molecule is O=C(CCCl)N[C@@H](CO)c1ccccc1. The summed E-state index contributed by atoms with van der Waals surface area (Å²) in [5.74, 6) is 0.145. The van der Waals surface area contributed by atoms with E-state index in [4.69, 9.17) is 16.7 Å². The number of halogens is 1. The minimum Gasteiger partial charge on any atom is -0.394 e. The molecule has 4 heteroatoms. The van der Waals surface area contributed by atoms with Gasteiger partial charge >= 0.3 is 0 Å². The maximum atomic E-state index is 11.3. The fraction of sp³-hybridized carbons (Fsp3) is 0.364. The van der Waals surface area contributed by atoms with Crippen LogP contribution in [-0.2, 0) is 4.79 Å². The highest BCUT2D eigenvalue weighted by atomic mass is 35.5. The van der Waals surface area contributed by atoms with Gasteiger partial charge in [-0.2, -0.15) is 0 Å². The average Bonchev–Trinajstić information content (AvgIpc) is 2.27. The second-order valence-corrected chi connectivity index (χ2v) is 3.53. The second-order valence-electron chi connectivity index (χ2n) is 3.15. The molecule has 0 bridgehead atoms. The number of hydrogen-bond donors (Lipinski definition) is 2. The fourth-order valence-electron chi connectivity index (χ4n) is 1.27. The Morgan fingerprint density at radius 3 is 2.60 bits per heavy atom. The standard InChI is InChI=1S/C11H14ClNO2/c12-7-6-11(15)13-10(8-14)9-4-2-1-3-5-9/h1-5,10,14H,6-8H2,(H,13,15)/t10-/m0/s1. The Bertz CT molecular complexity index is 303. The molecule has 0 radical (unpaired) electrons. The van der Waals surface area contributed by atoms with E-state index in [1.807, 2.05) is 30.3 Å². The summed E-state index contributed by atoms with van der Waals surface area (Å²) < 4.78 is 0. The van der Waals surface area contributed by atoms with Crippen LogP contribution in [0.4, 0.5) is 0 Å². The molecule has 0 saturated heterocycles. The van der Waals surface area contributed by atoms with Crippen molar-refractivity contribution in [1.82, 2.24) is 5.32 Å². The third kappa shape index (κ3) is 3.90. The summed E-state index contributed by atoms with van der Waals surface area (Å²) in [6.07, 6.45) is 0.269. The highest BCUT2D eigenvalue weighted by Gasteiger charge is 2.12. The first-order valence-electron chi connectivity index (χ1n) is 4.79. The van der Waals surface area contributed by atoms with Gasteiger partial charge in [-0.1, -0.05) is 30.3 Å². The molecule has 0 aromatic heterocycles. The molecule has 1 atom stereocenters. The molecule has 0 heterocycles. The first kappa shape index (κ1) is 12.0. The van der Waals surface area contributed by atoms with Crippen LogP contribution < -0.4 is 5.32 Å². The number of benzene rings is 1. The number of carbonyl (C=O) groups excluding carboxylic acids is 1. The first-order valence-corrected chi connectivity index (χ1v) is 5.32. The monoisotopic (exact) mass is 227 g/mol. The van der Waals surface area contributed by atoms with Gasteiger partial charge in [0.05, 0.1) is 12.6 Å². The van der Waals surface area contributed by atoms with E-state index >= 15 is 0 Å². The number of aliphatic hydroxyl groups excluding tert-OH is 1. The Hall–Kier alpha value is -1.06. The van der Waals surface area contributed by atoms with Gasteiger partial charge in [0.25, 0.3) is 0 Å². The lowest BCUT2D eigenvalue weighted by Gasteiger charge is -2.16. The number of nitrogens with one attached hydrogen (secondary N) is 1. The molecule has 0 unspecified atom stereocenters. The molecule has 1 rings (SSSR count). The lowest BCUT2D eigenvalue weighted by atomic mass is 10.1. The number of hydrogen-bond acceptors (Lipinski definition) is 2. The van der Waals surface area contributed by atoms with E-state index in [1.165, 1.54) is 0 Å². The van der Waals surface area contributed by atoms with Crippen LogP contribution >= 0.6 is 11.6 Å². The van der Waals surface area contributed by atoms with Crippen molar-refractivity contribution >= 4 is 17.5 Å². The molecule has 3 nitrogen and oxygen atoms in total. The maximum absolute atomic E-state index is 11.3. The summed E-state index contributed by atoms with van der Waals surface area (Å²) in [6, 6.07) is 9.00. The van der Waals surface area contributed by atoms with Gasteiger partial charge in [0, 0.05) is 12.3 Å². The highest BCUT2D eigenvalue weighted by Crippen LogP contribution is 2.11. The number of carbonyl (C=O) groups is 1. The molecular weight excluding hydrogens is 214 g/mol. The molecule has 2 N–H and O–H groups in total. The second kappa shape index (κ2) is 6.43. The number of amides is 1. The van der Waals surface area contributed by atoms with Crippen LogP contribution in [0.1, 0.15) is 18.0 Å². The number of alkyl halides is 1. The van der Waals surface area contributed by atoms with E-state index in [9.17, 15) is 4.79 Å². The summed E-state index contributed by atoms with van der Waals surface area (Å²) in [7, 11) is 0. The van der Waals surface area contributed by atoms with Gasteiger partial charge in [-0.25, -0.2) is 0 Å². The zero-order valence-electron chi connectivity index (χ0n) is 8.32. The molecule has 82 valence electrons. The van der Waals surface area contributed by atoms with E-state index < -0.39 is 0 Å². The Balaban J connectivity index is 2.61. The summed E-state index contributed by atoms with van der Waals surface area (Å²) >= 11 is 5.45. The molecule has 15 heavy (non-hydrogen) atoms. The molecule has 1 amide bonds. The van der Waals surface area contributed by atoms with Crippen molar-refractivity contribution in [2.75, 3.05) is 12.5 Å². The quantitative estimate of drug-likeness (QED) is 0.749. The largest absolute Gasteiger partial charge is 0.394 e. The first-order chi connectivity index (χ1) is 7.27. The van der Waals surface area contributed by atoms with Gasteiger partial charge in [0.2, 0.25) is 5.91 Å². The van der Waals surface area contributed by atoms with E-state index in [0.29, 0.717) is 5.88 Å². The normalized spacial score (nSPS) is 12.1.